The number of pyridine rings is 1. The number of aromatic nitrogens is 3. The molecule has 0 amide bonds. The Morgan fingerprint density at radius 1 is 1.32 bits per heavy atom. The molecule has 0 saturated carbocycles. The van der Waals surface area contributed by atoms with Crippen molar-refractivity contribution in [2.75, 3.05) is 5.73 Å². The molecular weight excluding hydrogens is 335 g/mol. The van der Waals surface area contributed by atoms with Gasteiger partial charge in [-0.25, -0.2) is 14.4 Å². The van der Waals surface area contributed by atoms with E-state index in [1.807, 2.05) is 0 Å². The standard InChI is InChI=1S/C12H7BrClFN4/c13-8-4-7(1-2-9(8)15)19-11-10(18-12(19)16)3-6(14)5-17-11/h1-5H,(H2,16,18). The first kappa shape index (κ1) is 12.4. The van der Waals surface area contributed by atoms with Crippen molar-refractivity contribution in [3.8, 4) is 5.69 Å². The van der Waals surface area contributed by atoms with Gasteiger partial charge in [-0.2, -0.15) is 0 Å². The summed E-state index contributed by atoms with van der Waals surface area (Å²) < 4.78 is 15.3. The highest BCUT2D eigenvalue weighted by Gasteiger charge is 2.12. The zero-order valence-electron chi connectivity index (χ0n) is 9.44. The molecule has 1 aromatic carbocycles. The fraction of sp³-hybridized carbons (Fsp3) is 0. The molecule has 0 radical (unpaired) electrons. The third-order valence-electron chi connectivity index (χ3n) is 2.65. The molecular formula is C12H7BrClFN4. The number of hydrogen-bond acceptors (Lipinski definition) is 3. The van der Waals surface area contributed by atoms with Gasteiger partial charge in [-0.1, -0.05) is 11.6 Å². The molecule has 19 heavy (non-hydrogen) atoms. The Morgan fingerprint density at radius 3 is 2.84 bits per heavy atom. The van der Waals surface area contributed by atoms with E-state index in [0.717, 1.165) is 0 Å². The SMILES string of the molecule is Nc1nc2cc(Cl)cnc2n1-c1ccc(F)c(Br)c1. The number of rotatable bonds is 1. The molecule has 0 saturated heterocycles. The van der Waals surface area contributed by atoms with Crippen LogP contribution in [0.15, 0.2) is 34.9 Å². The molecule has 2 heterocycles. The summed E-state index contributed by atoms with van der Waals surface area (Å²) in [5.74, 6) is -0.0778. The van der Waals surface area contributed by atoms with Crippen molar-refractivity contribution >= 4 is 44.6 Å². The second-order valence-corrected chi connectivity index (χ2v) is 5.19. The predicted molar refractivity (Wildman–Crippen MR) is 75.9 cm³/mol. The van der Waals surface area contributed by atoms with Crippen LogP contribution in [0.4, 0.5) is 10.3 Å². The molecule has 2 N–H and O–H groups in total. The van der Waals surface area contributed by atoms with Crippen molar-refractivity contribution in [1.29, 1.82) is 0 Å². The van der Waals surface area contributed by atoms with E-state index in [2.05, 4.69) is 25.9 Å². The molecule has 0 atom stereocenters. The van der Waals surface area contributed by atoms with Crippen LogP contribution in [0.1, 0.15) is 0 Å². The molecule has 2 aromatic heterocycles. The molecule has 3 rings (SSSR count). The van der Waals surface area contributed by atoms with E-state index >= 15 is 0 Å². The van der Waals surface area contributed by atoms with Gasteiger partial charge in [0.15, 0.2) is 5.65 Å². The monoisotopic (exact) mass is 340 g/mol. The molecule has 3 aromatic rings. The maximum Gasteiger partial charge on any atom is 0.207 e. The largest absolute Gasteiger partial charge is 0.369 e. The number of fused-ring (bicyclic) bond motifs is 1. The Morgan fingerprint density at radius 2 is 2.11 bits per heavy atom. The van der Waals surface area contributed by atoms with E-state index in [9.17, 15) is 4.39 Å². The van der Waals surface area contributed by atoms with Crippen LogP contribution in [0, 0.1) is 5.82 Å². The van der Waals surface area contributed by atoms with Crippen molar-refractivity contribution < 1.29 is 4.39 Å². The van der Waals surface area contributed by atoms with Crippen LogP contribution in [0.5, 0.6) is 0 Å². The lowest BCUT2D eigenvalue weighted by molar-refractivity contribution is 0.620. The third-order valence-corrected chi connectivity index (χ3v) is 3.47. The van der Waals surface area contributed by atoms with Crippen LogP contribution in [-0.4, -0.2) is 14.5 Å². The van der Waals surface area contributed by atoms with E-state index in [1.54, 1.807) is 22.8 Å². The second-order valence-electron chi connectivity index (χ2n) is 3.90. The molecule has 4 nitrogen and oxygen atoms in total. The number of imidazole rings is 1. The van der Waals surface area contributed by atoms with Gasteiger partial charge in [-0.05, 0) is 40.2 Å². The first-order chi connectivity index (χ1) is 9.06. The average Bonchev–Trinajstić information content (AvgIpc) is 2.68. The Kier molecular flexibility index (Phi) is 2.91. The van der Waals surface area contributed by atoms with Crippen LogP contribution in [0.25, 0.3) is 16.9 Å². The smallest absolute Gasteiger partial charge is 0.207 e. The molecule has 7 heteroatoms. The minimum atomic E-state index is -0.345. The van der Waals surface area contributed by atoms with Crippen molar-refractivity contribution in [3.05, 3.63) is 45.8 Å². The van der Waals surface area contributed by atoms with Gasteiger partial charge in [-0.3, -0.25) is 4.57 Å². The first-order valence-corrected chi connectivity index (χ1v) is 6.48. The molecule has 0 aliphatic rings. The summed E-state index contributed by atoms with van der Waals surface area (Å²) in [4.78, 5) is 8.40. The number of nitrogen functional groups attached to an aromatic ring is 1. The zero-order valence-corrected chi connectivity index (χ0v) is 11.8. The zero-order chi connectivity index (χ0) is 13.6. The molecule has 0 unspecified atom stereocenters. The van der Waals surface area contributed by atoms with Crippen LogP contribution in [0.2, 0.25) is 5.02 Å². The van der Waals surface area contributed by atoms with Gasteiger partial charge < -0.3 is 5.73 Å². The summed E-state index contributed by atoms with van der Waals surface area (Å²) in [5.41, 5.74) is 7.71. The predicted octanol–water partition coefficient (Wildman–Crippen LogP) is 3.56. The summed E-state index contributed by atoms with van der Waals surface area (Å²) >= 11 is 9.00. The maximum atomic E-state index is 13.3. The van der Waals surface area contributed by atoms with Crippen molar-refractivity contribution in [1.82, 2.24) is 14.5 Å². The quantitative estimate of drug-likeness (QED) is 0.736. The lowest BCUT2D eigenvalue weighted by Crippen LogP contribution is -2.01. The van der Waals surface area contributed by atoms with Gasteiger partial charge in [-0.15, -0.1) is 0 Å². The fourth-order valence-electron chi connectivity index (χ4n) is 1.84. The average molecular weight is 342 g/mol. The first-order valence-electron chi connectivity index (χ1n) is 5.31. The third kappa shape index (κ3) is 2.06. The Hall–Kier alpha value is -1.66. The number of hydrogen-bond donors (Lipinski definition) is 1. The lowest BCUT2D eigenvalue weighted by Gasteiger charge is -2.06. The van der Waals surface area contributed by atoms with Crippen LogP contribution >= 0.6 is 27.5 Å². The number of halogens is 3. The minimum Gasteiger partial charge on any atom is -0.369 e. The van der Waals surface area contributed by atoms with Gasteiger partial charge in [0.2, 0.25) is 5.95 Å². The van der Waals surface area contributed by atoms with E-state index in [1.165, 1.54) is 12.3 Å². The number of nitrogens with zero attached hydrogens (tertiary/aromatic N) is 3. The Bertz CT molecular complexity index is 787. The lowest BCUT2D eigenvalue weighted by atomic mass is 10.3. The topological polar surface area (TPSA) is 56.7 Å². The minimum absolute atomic E-state index is 0.267. The molecule has 0 aliphatic heterocycles. The molecule has 0 aliphatic carbocycles. The van der Waals surface area contributed by atoms with E-state index in [-0.39, 0.29) is 11.8 Å². The van der Waals surface area contributed by atoms with Crippen LogP contribution < -0.4 is 5.73 Å². The highest BCUT2D eigenvalue weighted by Crippen LogP contribution is 2.26. The van der Waals surface area contributed by atoms with E-state index in [0.29, 0.717) is 26.3 Å². The molecule has 0 spiro atoms. The summed E-state index contributed by atoms with van der Waals surface area (Å²) in [5, 5.41) is 0.484. The highest BCUT2D eigenvalue weighted by atomic mass is 79.9. The van der Waals surface area contributed by atoms with Crippen molar-refractivity contribution in [3.63, 3.8) is 0 Å². The van der Waals surface area contributed by atoms with E-state index in [4.69, 9.17) is 17.3 Å². The van der Waals surface area contributed by atoms with Gasteiger partial charge in [0.05, 0.1) is 15.2 Å². The van der Waals surface area contributed by atoms with Gasteiger partial charge in [0.25, 0.3) is 0 Å². The maximum absolute atomic E-state index is 13.3. The van der Waals surface area contributed by atoms with Gasteiger partial charge in [0.1, 0.15) is 11.3 Å². The van der Waals surface area contributed by atoms with Crippen LogP contribution in [-0.2, 0) is 0 Å². The molecule has 0 fully saturated rings. The number of benzene rings is 1. The second kappa shape index (κ2) is 4.47. The number of anilines is 1. The van der Waals surface area contributed by atoms with Crippen molar-refractivity contribution in [2.45, 2.75) is 0 Å². The summed E-state index contributed by atoms with van der Waals surface area (Å²) in [6.45, 7) is 0. The van der Waals surface area contributed by atoms with Gasteiger partial charge >= 0.3 is 0 Å². The Balaban J connectivity index is 2.29. The number of nitrogens with two attached hydrogens (primary N) is 1. The fourth-order valence-corrected chi connectivity index (χ4v) is 2.36. The summed E-state index contributed by atoms with van der Waals surface area (Å²) in [7, 11) is 0. The normalized spacial score (nSPS) is 11.1. The summed E-state index contributed by atoms with van der Waals surface area (Å²) in [6, 6.07) is 6.24. The Labute approximate surface area is 121 Å². The molecule has 0 bridgehead atoms. The van der Waals surface area contributed by atoms with Crippen LogP contribution in [0.3, 0.4) is 0 Å². The van der Waals surface area contributed by atoms with Gasteiger partial charge in [0, 0.05) is 6.20 Å². The highest BCUT2D eigenvalue weighted by molar-refractivity contribution is 9.10. The van der Waals surface area contributed by atoms with Crippen molar-refractivity contribution in [2.24, 2.45) is 0 Å². The summed E-state index contributed by atoms with van der Waals surface area (Å²) in [6.07, 6.45) is 1.51. The molecule has 96 valence electrons. The van der Waals surface area contributed by atoms with E-state index < -0.39 is 0 Å².